The zero-order chi connectivity index (χ0) is 16.1. The lowest BCUT2D eigenvalue weighted by atomic mass is 10.1. The van der Waals surface area contributed by atoms with E-state index in [4.69, 9.17) is 11.6 Å². The average Bonchev–Trinajstić information content (AvgIpc) is 2.45. The molecule has 2 amide bonds. The number of amides is 2. The molecule has 0 atom stereocenters. The second-order valence-electron chi connectivity index (χ2n) is 5.16. The second-order valence-corrected chi connectivity index (χ2v) is 6.42. The number of carbonyl (C=O) groups excluding carboxylic acids is 1. The molecule has 2 N–H and O–H groups in total. The van der Waals surface area contributed by atoms with Crippen LogP contribution in [0.15, 0.2) is 40.9 Å². The van der Waals surface area contributed by atoms with Crippen LogP contribution in [0.1, 0.15) is 16.7 Å². The lowest BCUT2D eigenvalue weighted by Gasteiger charge is -2.12. The first kappa shape index (κ1) is 16.8. The molecule has 0 radical (unpaired) electrons. The zero-order valence-corrected chi connectivity index (χ0v) is 14.9. The van der Waals surface area contributed by atoms with Crippen LogP contribution in [0, 0.1) is 13.8 Å². The quantitative estimate of drug-likeness (QED) is 0.761. The predicted octanol–water partition coefficient (Wildman–Crippen LogP) is 5.08. The number of anilines is 1. The van der Waals surface area contributed by atoms with Gasteiger partial charge in [0.05, 0.1) is 10.7 Å². The third-order valence-corrected chi connectivity index (χ3v) is 4.38. The Kier molecular flexibility index (Phi) is 5.86. The van der Waals surface area contributed by atoms with Crippen LogP contribution in [0.2, 0.25) is 5.02 Å². The third-order valence-electron chi connectivity index (χ3n) is 3.31. The monoisotopic (exact) mass is 380 g/mol. The molecule has 2 rings (SSSR count). The van der Waals surface area contributed by atoms with Gasteiger partial charge >= 0.3 is 6.03 Å². The van der Waals surface area contributed by atoms with E-state index in [9.17, 15) is 4.79 Å². The van der Waals surface area contributed by atoms with Gasteiger partial charge in [0.2, 0.25) is 0 Å². The standard InChI is InChI=1S/C17H18BrClN2O/c1-11-9-12(2)16(15(19)10-11)21-17(22)20-8-7-13-5-3-4-6-14(13)18/h3-6,9-10H,7-8H2,1-2H3,(H2,20,21,22). The Morgan fingerprint density at radius 2 is 1.95 bits per heavy atom. The van der Waals surface area contributed by atoms with Gasteiger partial charge in [-0.25, -0.2) is 4.79 Å². The van der Waals surface area contributed by atoms with E-state index in [1.807, 2.05) is 50.2 Å². The molecule has 2 aromatic rings. The van der Waals surface area contributed by atoms with Crippen LogP contribution in [-0.4, -0.2) is 12.6 Å². The van der Waals surface area contributed by atoms with Crippen LogP contribution in [0.5, 0.6) is 0 Å². The van der Waals surface area contributed by atoms with E-state index < -0.39 is 0 Å². The minimum atomic E-state index is -0.249. The predicted molar refractivity (Wildman–Crippen MR) is 95.8 cm³/mol. The van der Waals surface area contributed by atoms with Gasteiger partial charge in [-0.05, 0) is 49.1 Å². The number of aryl methyl sites for hydroxylation is 2. The summed E-state index contributed by atoms with van der Waals surface area (Å²) in [5, 5.41) is 6.21. The number of halogens is 2. The molecule has 0 aliphatic heterocycles. The highest BCUT2D eigenvalue weighted by atomic mass is 79.9. The second kappa shape index (κ2) is 7.65. The summed E-state index contributed by atoms with van der Waals surface area (Å²) in [6, 6.07) is 11.6. The van der Waals surface area contributed by atoms with Crippen LogP contribution in [0.3, 0.4) is 0 Å². The molecular formula is C17H18BrClN2O. The zero-order valence-electron chi connectivity index (χ0n) is 12.5. The number of hydrogen-bond acceptors (Lipinski definition) is 1. The molecule has 0 spiro atoms. The maximum absolute atomic E-state index is 12.0. The Hall–Kier alpha value is -1.52. The van der Waals surface area contributed by atoms with E-state index in [1.165, 1.54) is 0 Å². The molecule has 0 aromatic heterocycles. The van der Waals surface area contributed by atoms with E-state index in [-0.39, 0.29) is 6.03 Å². The smallest absolute Gasteiger partial charge is 0.319 e. The first-order valence-corrected chi connectivity index (χ1v) is 8.19. The SMILES string of the molecule is Cc1cc(C)c(NC(=O)NCCc2ccccc2Br)c(Cl)c1. The fourth-order valence-electron chi connectivity index (χ4n) is 2.24. The normalized spacial score (nSPS) is 10.4. The summed E-state index contributed by atoms with van der Waals surface area (Å²) < 4.78 is 1.05. The van der Waals surface area contributed by atoms with E-state index >= 15 is 0 Å². The number of carbonyl (C=O) groups is 1. The van der Waals surface area contributed by atoms with Crippen molar-refractivity contribution in [1.82, 2.24) is 5.32 Å². The lowest BCUT2D eigenvalue weighted by Crippen LogP contribution is -2.30. The highest BCUT2D eigenvalue weighted by Crippen LogP contribution is 2.27. The van der Waals surface area contributed by atoms with Crippen molar-refractivity contribution in [3.63, 3.8) is 0 Å². The highest BCUT2D eigenvalue weighted by Gasteiger charge is 2.09. The Balaban J connectivity index is 1.90. The molecule has 5 heteroatoms. The summed E-state index contributed by atoms with van der Waals surface area (Å²) in [6.07, 6.45) is 0.759. The van der Waals surface area contributed by atoms with Gasteiger partial charge in [0.25, 0.3) is 0 Å². The fourth-order valence-corrected chi connectivity index (χ4v) is 3.10. The van der Waals surface area contributed by atoms with Crippen molar-refractivity contribution in [2.75, 3.05) is 11.9 Å². The van der Waals surface area contributed by atoms with Crippen molar-refractivity contribution in [1.29, 1.82) is 0 Å². The maximum Gasteiger partial charge on any atom is 0.319 e. The first-order valence-electron chi connectivity index (χ1n) is 7.02. The Labute approximate surface area is 144 Å². The van der Waals surface area contributed by atoms with Gasteiger partial charge in [-0.1, -0.05) is 51.8 Å². The van der Waals surface area contributed by atoms with Crippen LogP contribution < -0.4 is 10.6 Å². The summed E-state index contributed by atoms with van der Waals surface area (Å²) in [7, 11) is 0. The summed E-state index contributed by atoms with van der Waals surface area (Å²) >= 11 is 9.68. The van der Waals surface area contributed by atoms with Crippen molar-refractivity contribution in [3.8, 4) is 0 Å². The van der Waals surface area contributed by atoms with Gasteiger partial charge in [0.15, 0.2) is 0 Å². The molecule has 3 nitrogen and oxygen atoms in total. The van der Waals surface area contributed by atoms with E-state index in [0.29, 0.717) is 17.3 Å². The van der Waals surface area contributed by atoms with E-state index in [2.05, 4.69) is 26.6 Å². The molecule has 0 bridgehead atoms. The van der Waals surface area contributed by atoms with Crippen molar-refractivity contribution < 1.29 is 4.79 Å². The maximum atomic E-state index is 12.0. The number of nitrogens with one attached hydrogen (secondary N) is 2. The average molecular weight is 382 g/mol. The molecule has 116 valence electrons. The molecule has 0 saturated carbocycles. The summed E-state index contributed by atoms with van der Waals surface area (Å²) in [6.45, 7) is 4.45. The van der Waals surface area contributed by atoms with Gasteiger partial charge in [-0.15, -0.1) is 0 Å². The Morgan fingerprint density at radius 3 is 2.64 bits per heavy atom. The highest BCUT2D eigenvalue weighted by molar-refractivity contribution is 9.10. The van der Waals surface area contributed by atoms with E-state index in [0.717, 1.165) is 27.6 Å². The third kappa shape index (κ3) is 4.49. The topological polar surface area (TPSA) is 41.1 Å². The molecule has 0 aliphatic rings. The molecule has 0 saturated heterocycles. The van der Waals surface area contributed by atoms with Crippen LogP contribution in [-0.2, 0) is 6.42 Å². The van der Waals surface area contributed by atoms with Crippen molar-refractivity contribution in [3.05, 3.63) is 62.6 Å². The van der Waals surface area contributed by atoms with Crippen molar-refractivity contribution >= 4 is 39.2 Å². The molecule has 0 aliphatic carbocycles. The van der Waals surface area contributed by atoms with Gasteiger partial charge in [-0.3, -0.25) is 0 Å². The lowest BCUT2D eigenvalue weighted by molar-refractivity contribution is 0.252. The summed E-state index contributed by atoms with van der Waals surface area (Å²) in [5.41, 5.74) is 3.84. The van der Waals surface area contributed by atoms with Gasteiger partial charge in [-0.2, -0.15) is 0 Å². The number of hydrogen-bond donors (Lipinski definition) is 2. The minimum absolute atomic E-state index is 0.249. The molecule has 0 fully saturated rings. The first-order chi connectivity index (χ1) is 10.5. The molecule has 2 aromatic carbocycles. The summed E-state index contributed by atoms with van der Waals surface area (Å²) in [5.74, 6) is 0. The van der Waals surface area contributed by atoms with Crippen LogP contribution in [0.25, 0.3) is 0 Å². The fraction of sp³-hybridized carbons (Fsp3) is 0.235. The largest absolute Gasteiger partial charge is 0.338 e. The number of rotatable bonds is 4. The van der Waals surface area contributed by atoms with Gasteiger partial charge in [0, 0.05) is 11.0 Å². The molecular weight excluding hydrogens is 364 g/mol. The number of urea groups is 1. The molecule has 0 unspecified atom stereocenters. The Morgan fingerprint density at radius 1 is 1.23 bits per heavy atom. The van der Waals surface area contributed by atoms with Crippen LogP contribution in [0.4, 0.5) is 10.5 Å². The number of benzene rings is 2. The van der Waals surface area contributed by atoms with Gasteiger partial charge in [0.1, 0.15) is 0 Å². The van der Waals surface area contributed by atoms with Crippen molar-refractivity contribution in [2.45, 2.75) is 20.3 Å². The molecule has 22 heavy (non-hydrogen) atoms. The summed E-state index contributed by atoms with van der Waals surface area (Å²) in [4.78, 5) is 12.0. The van der Waals surface area contributed by atoms with Crippen LogP contribution >= 0.6 is 27.5 Å². The minimum Gasteiger partial charge on any atom is -0.338 e. The Bertz CT molecular complexity index is 665. The van der Waals surface area contributed by atoms with E-state index in [1.54, 1.807) is 0 Å². The van der Waals surface area contributed by atoms with Gasteiger partial charge < -0.3 is 10.6 Å². The van der Waals surface area contributed by atoms with Crippen molar-refractivity contribution in [2.24, 2.45) is 0 Å². The molecule has 0 heterocycles.